The summed E-state index contributed by atoms with van der Waals surface area (Å²) >= 11 is 12.0. The molecule has 0 aliphatic heterocycles. The van der Waals surface area contributed by atoms with Crippen LogP contribution in [0.25, 0.3) is 0 Å². The van der Waals surface area contributed by atoms with Crippen molar-refractivity contribution in [2.75, 3.05) is 16.6 Å². The molecule has 3 aromatic rings. The number of anilines is 2. The second-order valence-electron chi connectivity index (χ2n) is 6.71. The van der Waals surface area contributed by atoms with Gasteiger partial charge in [0.15, 0.2) is 0 Å². The summed E-state index contributed by atoms with van der Waals surface area (Å²) in [5.41, 5.74) is -1.30. The molecule has 0 aromatic heterocycles. The number of ether oxygens (including phenoxy) is 1. The Balaban J connectivity index is 1.82. The van der Waals surface area contributed by atoms with Crippen molar-refractivity contribution in [2.24, 2.45) is 0 Å². The van der Waals surface area contributed by atoms with Gasteiger partial charge >= 0.3 is 6.18 Å². The molecule has 0 aliphatic rings. The molecule has 0 fully saturated rings. The first-order valence-electron chi connectivity index (χ1n) is 9.09. The lowest BCUT2D eigenvalue weighted by Crippen LogP contribution is -2.15. The second kappa shape index (κ2) is 9.53. The SMILES string of the molecule is COc1ccc(S(=O)(=O)Nc2ccc(S(=O)(=O)Nc3cccc(C(F)(F)F)c3)cc2)c(Cl)c1Cl. The van der Waals surface area contributed by atoms with Crippen LogP contribution in [0.1, 0.15) is 5.56 Å². The molecule has 0 spiro atoms. The quantitative estimate of drug-likeness (QED) is 0.394. The highest BCUT2D eigenvalue weighted by molar-refractivity contribution is 7.93. The molecule has 7 nitrogen and oxygen atoms in total. The van der Waals surface area contributed by atoms with Gasteiger partial charge < -0.3 is 4.74 Å². The third kappa shape index (κ3) is 5.69. The molecule has 0 unspecified atom stereocenters. The lowest BCUT2D eigenvalue weighted by Gasteiger charge is -2.13. The average Bonchev–Trinajstić information content (AvgIpc) is 2.75. The van der Waals surface area contributed by atoms with Crippen LogP contribution in [-0.4, -0.2) is 23.9 Å². The molecule has 2 N–H and O–H groups in total. The molecule has 182 valence electrons. The van der Waals surface area contributed by atoms with E-state index in [0.29, 0.717) is 6.07 Å². The Bertz CT molecular complexity index is 1430. The first kappa shape index (κ1) is 25.9. The van der Waals surface area contributed by atoms with Crippen LogP contribution in [0.2, 0.25) is 10.0 Å². The highest BCUT2D eigenvalue weighted by Crippen LogP contribution is 2.37. The maximum absolute atomic E-state index is 12.9. The summed E-state index contributed by atoms with van der Waals surface area (Å²) in [5.74, 6) is 0.174. The third-order valence-electron chi connectivity index (χ3n) is 4.38. The molecule has 0 radical (unpaired) electrons. The number of hydrogen-bond acceptors (Lipinski definition) is 5. The first-order chi connectivity index (χ1) is 15.7. The predicted octanol–water partition coefficient (Wildman–Crippen LogP) is 5.62. The van der Waals surface area contributed by atoms with E-state index in [1.807, 2.05) is 0 Å². The zero-order chi connectivity index (χ0) is 25.3. The Kier molecular flexibility index (Phi) is 7.27. The molecule has 0 aliphatic carbocycles. The minimum atomic E-state index is -4.64. The van der Waals surface area contributed by atoms with E-state index in [2.05, 4.69) is 9.44 Å². The van der Waals surface area contributed by atoms with Crippen molar-refractivity contribution in [2.45, 2.75) is 16.0 Å². The minimum absolute atomic E-state index is 0.000950. The van der Waals surface area contributed by atoms with Gasteiger partial charge in [0.1, 0.15) is 15.7 Å². The number of hydrogen-bond donors (Lipinski definition) is 2. The largest absolute Gasteiger partial charge is 0.495 e. The van der Waals surface area contributed by atoms with E-state index < -0.39 is 31.8 Å². The van der Waals surface area contributed by atoms with Gasteiger partial charge in [-0.3, -0.25) is 9.44 Å². The number of halogens is 5. The molecule has 0 amide bonds. The summed E-state index contributed by atoms with van der Waals surface area (Å²) in [6.45, 7) is 0. The highest BCUT2D eigenvalue weighted by atomic mass is 35.5. The van der Waals surface area contributed by atoms with E-state index in [9.17, 15) is 30.0 Å². The maximum Gasteiger partial charge on any atom is 0.416 e. The average molecular weight is 555 g/mol. The lowest BCUT2D eigenvalue weighted by molar-refractivity contribution is -0.137. The van der Waals surface area contributed by atoms with Gasteiger partial charge in [0.2, 0.25) is 0 Å². The number of rotatable bonds is 7. The fraction of sp³-hybridized carbons (Fsp3) is 0.100. The summed E-state index contributed by atoms with van der Waals surface area (Å²) in [5, 5.41) is -0.368. The van der Waals surface area contributed by atoms with Crippen molar-refractivity contribution in [3.8, 4) is 5.75 Å². The van der Waals surface area contributed by atoms with Crippen LogP contribution in [0.15, 0.2) is 70.5 Å². The monoisotopic (exact) mass is 554 g/mol. The first-order valence-corrected chi connectivity index (χ1v) is 12.8. The molecule has 0 saturated carbocycles. The van der Waals surface area contributed by atoms with Crippen molar-refractivity contribution in [3.63, 3.8) is 0 Å². The summed E-state index contributed by atoms with van der Waals surface area (Å²) in [6, 6.07) is 10.7. The zero-order valence-electron chi connectivity index (χ0n) is 17.0. The predicted molar refractivity (Wildman–Crippen MR) is 123 cm³/mol. The number of benzene rings is 3. The second-order valence-corrected chi connectivity index (χ2v) is 10.8. The molecular weight excluding hydrogens is 540 g/mol. The molecule has 34 heavy (non-hydrogen) atoms. The summed E-state index contributed by atoms with van der Waals surface area (Å²) in [4.78, 5) is -0.638. The van der Waals surface area contributed by atoms with Gasteiger partial charge in [-0.2, -0.15) is 13.2 Å². The summed E-state index contributed by atoms with van der Waals surface area (Å²) in [7, 11) is -7.12. The van der Waals surface area contributed by atoms with E-state index in [1.54, 1.807) is 0 Å². The van der Waals surface area contributed by atoms with Gasteiger partial charge in [-0.05, 0) is 54.6 Å². The Labute approximate surface area is 203 Å². The van der Waals surface area contributed by atoms with Crippen LogP contribution in [0.5, 0.6) is 5.75 Å². The standard InChI is InChI=1S/C20H15Cl2F3N2O5S2/c1-32-16-9-10-17(19(22)18(16)21)34(30,31)26-13-5-7-15(8-6-13)33(28,29)27-14-4-2-3-12(11-14)20(23,24)25/h2-11,26-27H,1H3. The summed E-state index contributed by atoms with van der Waals surface area (Å²) < 4.78 is 98.3. The van der Waals surface area contributed by atoms with Crippen molar-refractivity contribution < 1.29 is 34.7 Å². The van der Waals surface area contributed by atoms with E-state index >= 15 is 0 Å². The third-order valence-corrected chi connectivity index (χ3v) is 8.18. The van der Waals surface area contributed by atoms with Crippen LogP contribution < -0.4 is 14.2 Å². The molecule has 14 heteroatoms. The molecule has 0 atom stereocenters. The zero-order valence-corrected chi connectivity index (χ0v) is 20.2. The fourth-order valence-electron chi connectivity index (χ4n) is 2.76. The van der Waals surface area contributed by atoms with Crippen LogP contribution >= 0.6 is 23.2 Å². The number of alkyl halides is 3. The summed E-state index contributed by atoms with van der Waals surface area (Å²) in [6.07, 6.45) is -4.64. The van der Waals surface area contributed by atoms with Crippen LogP contribution in [0, 0.1) is 0 Å². The van der Waals surface area contributed by atoms with Crippen molar-refractivity contribution >= 4 is 54.6 Å². The molecule has 0 heterocycles. The molecule has 0 bridgehead atoms. The van der Waals surface area contributed by atoms with Crippen LogP contribution in [0.4, 0.5) is 24.5 Å². The van der Waals surface area contributed by atoms with Gasteiger partial charge in [0.25, 0.3) is 20.0 Å². The van der Waals surface area contributed by atoms with E-state index in [1.165, 1.54) is 25.3 Å². The van der Waals surface area contributed by atoms with E-state index in [4.69, 9.17) is 27.9 Å². The van der Waals surface area contributed by atoms with Crippen LogP contribution in [-0.2, 0) is 26.2 Å². The van der Waals surface area contributed by atoms with Gasteiger partial charge in [-0.25, -0.2) is 16.8 Å². The number of sulfonamides is 2. The number of nitrogens with one attached hydrogen (secondary N) is 2. The normalized spacial score (nSPS) is 12.3. The van der Waals surface area contributed by atoms with Crippen molar-refractivity contribution in [1.29, 1.82) is 0 Å². The lowest BCUT2D eigenvalue weighted by atomic mass is 10.2. The minimum Gasteiger partial charge on any atom is -0.495 e. The van der Waals surface area contributed by atoms with Gasteiger partial charge in [0.05, 0.1) is 22.6 Å². The molecule has 3 rings (SSSR count). The topological polar surface area (TPSA) is 102 Å². The molecular formula is C20H15Cl2F3N2O5S2. The van der Waals surface area contributed by atoms with Gasteiger partial charge in [0, 0.05) is 11.4 Å². The maximum atomic E-state index is 12.9. The smallest absolute Gasteiger partial charge is 0.416 e. The van der Waals surface area contributed by atoms with Crippen molar-refractivity contribution in [3.05, 3.63) is 76.3 Å². The number of methoxy groups -OCH3 is 1. The van der Waals surface area contributed by atoms with Gasteiger partial charge in [-0.15, -0.1) is 0 Å². The Morgan fingerprint density at radius 1 is 0.794 bits per heavy atom. The van der Waals surface area contributed by atoms with Gasteiger partial charge in [-0.1, -0.05) is 29.3 Å². The fourth-order valence-corrected chi connectivity index (χ4v) is 5.71. The highest BCUT2D eigenvalue weighted by Gasteiger charge is 2.31. The molecule has 0 saturated heterocycles. The van der Waals surface area contributed by atoms with Crippen molar-refractivity contribution in [1.82, 2.24) is 0 Å². The molecule has 3 aromatic carbocycles. The Morgan fingerprint density at radius 3 is 2.00 bits per heavy atom. The van der Waals surface area contributed by atoms with E-state index in [0.717, 1.165) is 36.4 Å². The van der Waals surface area contributed by atoms with E-state index in [-0.39, 0.29) is 37.0 Å². The van der Waals surface area contributed by atoms with Crippen LogP contribution in [0.3, 0.4) is 0 Å². The Hall–Kier alpha value is -2.67. The Morgan fingerprint density at radius 2 is 1.41 bits per heavy atom.